The van der Waals surface area contributed by atoms with Gasteiger partial charge in [0, 0.05) is 37.9 Å². The Hall–Kier alpha value is -2.79. The molecule has 2 aromatic heterocycles. The van der Waals surface area contributed by atoms with Gasteiger partial charge >= 0.3 is 0 Å². The Bertz CT molecular complexity index is 886. The number of carbonyl (C=O) groups excluding carboxylic acids is 1. The monoisotopic (exact) mass is 382 g/mol. The van der Waals surface area contributed by atoms with Crippen LogP contribution in [0.5, 0.6) is 0 Å². The number of nitriles is 1. The van der Waals surface area contributed by atoms with E-state index in [1.165, 1.54) is 4.90 Å². The number of anilines is 1. The van der Waals surface area contributed by atoms with Crippen LogP contribution in [0.4, 0.5) is 10.1 Å². The highest BCUT2D eigenvalue weighted by molar-refractivity contribution is 5.87. The summed E-state index contributed by atoms with van der Waals surface area (Å²) in [6.45, 7) is 1.85. The number of nitrogens with zero attached hydrogens (tertiary/aromatic N) is 5. The normalized spacial score (nSPS) is 23.6. The Labute approximate surface area is 163 Å². The zero-order valence-electron chi connectivity index (χ0n) is 15.6. The van der Waals surface area contributed by atoms with Gasteiger partial charge in [0.1, 0.15) is 17.7 Å². The second kappa shape index (κ2) is 8.07. The molecule has 0 aliphatic carbocycles. The number of aromatic nitrogens is 2. The number of piperidine rings is 1. The molecule has 146 valence electrons. The lowest BCUT2D eigenvalue weighted by atomic mass is 10.0. The van der Waals surface area contributed by atoms with Gasteiger partial charge in [0.2, 0.25) is 5.91 Å². The first-order valence-corrected chi connectivity index (χ1v) is 9.66. The highest BCUT2D eigenvalue weighted by Crippen LogP contribution is 2.23. The van der Waals surface area contributed by atoms with Crippen LogP contribution in [-0.2, 0) is 4.79 Å². The number of fused-ring (bicyclic) bond motifs is 1. The Morgan fingerprint density at radius 2 is 2.11 bits per heavy atom. The van der Waals surface area contributed by atoms with Crippen molar-refractivity contribution in [1.29, 1.82) is 5.26 Å². The maximum Gasteiger partial charge on any atom is 0.237 e. The first-order chi connectivity index (χ1) is 13.6. The Balaban J connectivity index is 1.31. The summed E-state index contributed by atoms with van der Waals surface area (Å²) in [6, 6.07) is 7.46. The van der Waals surface area contributed by atoms with Crippen LogP contribution in [0.2, 0.25) is 0 Å². The predicted molar refractivity (Wildman–Crippen MR) is 103 cm³/mol. The highest BCUT2D eigenvalue weighted by Gasteiger charge is 2.36. The molecule has 0 bridgehead atoms. The third kappa shape index (κ3) is 3.90. The van der Waals surface area contributed by atoms with Gasteiger partial charge in [-0.05, 0) is 31.0 Å². The van der Waals surface area contributed by atoms with Gasteiger partial charge in [-0.3, -0.25) is 19.7 Å². The van der Waals surface area contributed by atoms with Crippen LogP contribution >= 0.6 is 0 Å². The van der Waals surface area contributed by atoms with E-state index in [0.29, 0.717) is 6.04 Å². The van der Waals surface area contributed by atoms with Crippen molar-refractivity contribution in [3.05, 3.63) is 30.6 Å². The number of alkyl halides is 1. The van der Waals surface area contributed by atoms with E-state index >= 15 is 0 Å². The quantitative estimate of drug-likeness (QED) is 0.870. The van der Waals surface area contributed by atoms with Crippen molar-refractivity contribution in [3.63, 3.8) is 0 Å². The standard InChI is InChI=1S/C20H23FN6O/c21-14-10-16(11-22)27(12-14)19(28)13-26-8-4-15(5-9-26)25-18-3-7-23-17-2-1-6-24-20(17)18/h1-3,6-7,14-16H,4-5,8-10,12-13H2,(H,23,25)/t14-,16?/m0/s1. The molecule has 2 saturated heterocycles. The van der Waals surface area contributed by atoms with E-state index in [9.17, 15) is 9.18 Å². The van der Waals surface area contributed by atoms with Crippen molar-refractivity contribution < 1.29 is 9.18 Å². The van der Waals surface area contributed by atoms with E-state index in [0.717, 1.165) is 42.7 Å². The molecule has 0 aromatic carbocycles. The highest BCUT2D eigenvalue weighted by atomic mass is 19.1. The summed E-state index contributed by atoms with van der Waals surface area (Å²) >= 11 is 0. The number of nitrogens with one attached hydrogen (secondary N) is 1. The van der Waals surface area contributed by atoms with E-state index in [1.54, 1.807) is 12.4 Å². The van der Waals surface area contributed by atoms with E-state index in [4.69, 9.17) is 5.26 Å². The summed E-state index contributed by atoms with van der Waals surface area (Å²) in [7, 11) is 0. The Kier molecular flexibility index (Phi) is 5.35. The molecule has 2 atom stereocenters. The molecule has 1 N–H and O–H groups in total. The van der Waals surface area contributed by atoms with E-state index in [2.05, 4.69) is 20.2 Å². The second-order valence-corrected chi connectivity index (χ2v) is 7.45. The number of pyridine rings is 2. The molecule has 4 rings (SSSR count). The number of likely N-dealkylation sites (tertiary alicyclic amines) is 2. The fourth-order valence-corrected chi connectivity index (χ4v) is 4.02. The van der Waals surface area contributed by atoms with Crippen LogP contribution < -0.4 is 5.32 Å². The molecule has 4 heterocycles. The smallest absolute Gasteiger partial charge is 0.237 e. The molecule has 1 unspecified atom stereocenters. The topological polar surface area (TPSA) is 85.2 Å². The molecule has 0 saturated carbocycles. The summed E-state index contributed by atoms with van der Waals surface area (Å²) < 4.78 is 13.5. The van der Waals surface area contributed by atoms with Crippen LogP contribution in [-0.4, -0.2) is 70.1 Å². The summed E-state index contributed by atoms with van der Waals surface area (Å²) in [5.41, 5.74) is 2.70. The van der Waals surface area contributed by atoms with E-state index in [1.807, 2.05) is 24.3 Å². The van der Waals surface area contributed by atoms with Crippen LogP contribution in [0, 0.1) is 11.3 Å². The van der Waals surface area contributed by atoms with Crippen LogP contribution in [0.1, 0.15) is 19.3 Å². The summed E-state index contributed by atoms with van der Waals surface area (Å²) in [5, 5.41) is 12.7. The van der Waals surface area contributed by atoms with Gasteiger partial charge in [-0.25, -0.2) is 4.39 Å². The van der Waals surface area contributed by atoms with E-state index < -0.39 is 12.2 Å². The third-order valence-electron chi connectivity index (χ3n) is 5.52. The zero-order valence-corrected chi connectivity index (χ0v) is 15.6. The molecule has 2 fully saturated rings. The second-order valence-electron chi connectivity index (χ2n) is 7.45. The molecule has 1 amide bonds. The van der Waals surface area contributed by atoms with Crippen LogP contribution in [0.25, 0.3) is 11.0 Å². The zero-order chi connectivity index (χ0) is 19.5. The minimum atomic E-state index is -1.09. The van der Waals surface area contributed by atoms with Crippen LogP contribution in [0.3, 0.4) is 0 Å². The number of rotatable bonds is 4. The van der Waals surface area contributed by atoms with Crippen molar-refractivity contribution in [1.82, 2.24) is 19.8 Å². The largest absolute Gasteiger partial charge is 0.380 e. The lowest BCUT2D eigenvalue weighted by Gasteiger charge is -2.33. The van der Waals surface area contributed by atoms with Gasteiger partial charge in [0.15, 0.2) is 0 Å². The molecule has 0 radical (unpaired) electrons. The van der Waals surface area contributed by atoms with E-state index in [-0.39, 0.29) is 25.4 Å². The lowest BCUT2D eigenvalue weighted by Crippen LogP contribution is -2.46. The fourth-order valence-electron chi connectivity index (χ4n) is 4.02. The molecular weight excluding hydrogens is 359 g/mol. The van der Waals surface area contributed by atoms with Gasteiger partial charge in [0.25, 0.3) is 0 Å². The van der Waals surface area contributed by atoms with Gasteiger partial charge in [0.05, 0.1) is 30.4 Å². The molecule has 2 aliphatic heterocycles. The lowest BCUT2D eigenvalue weighted by molar-refractivity contribution is -0.132. The molecule has 7 nitrogen and oxygen atoms in total. The summed E-state index contributed by atoms with van der Waals surface area (Å²) in [5.74, 6) is -0.151. The first-order valence-electron chi connectivity index (χ1n) is 9.66. The molecule has 2 aliphatic rings. The van der Waals surface area contributed by atoms with Crippen molar-refractivity contribution in [3.8, 4) is 6.07 Å². The number of amides is 1. The molecule has 2 aromatic rings. The SMILES string of the molecule is N#CC1C[C@H](F)CN1C(=O)CN1CCC(Nc2ccnc3cccnc23)CC1. The maximum absolute atomic E-state index is 13.5. The van der Waals surface area contributed by atoms with Crippen LogP contribution in [0.15, 0.2) is 30.6 Å². The molecular formula is C20H23FN6O. The summed E-state index contributed by atoms with van der Waals surface area (Å²) in [4.78, 5) is 24.7. The molecule has 0 spiro atoms. The van der Waals surface area contributed by atoms with Crippen molar-refractivity contribution in [2.24, 2.45) is 0 Å². The number of carbonyl (C=O) groups is 1. The van der Waals surface area contributed by atoms with Gasteiger partial charge in [-0.1, -0.05) is 0 Å². The van der Waals surface area contributed by atoms with Gasteiger partial charge in [-0.15, -0.1) is 0 Å². The van der Waals surface area contributed by atoms with Crippen molar-refractivity contribution >= 4 is 22.6 Å². The molecule has 8 heteroatoms. The number of halogens is 1. The minimum Gasteiger partial charge on any atom is -0.380 e. The fraction of sp³-hybridized carbons (Fsp3) is 0.500. The van der Waals surface area contributed by atoms with Gasteiger partial charge in [-0.2, -0.15) is 5.26 Å². The summed E-state index contributed by atoms with van der Waals surface area (Å²) in [6.07, 6.45) is 4.38. The maximum atomic E-state index is 13.5. The molecule has 28 heavy (non-hydrogen) atoms. The van der Waals surface area contributed by atoms with Crippen molar-refractivity contribution in [2.75, 3.05) is 31.5 Å². The Morgan fingerprint density at radius 3 is 2.89 bits per heavy atom. The van der Waals surface area contributed by atoms with Crippen molar-refractivity contribution in [2.45, 2.75) is 37.5 Å². The van der Waals surface area contributed by atoms with Gasteiger partial charge < -0.3 is 10.2 Å². The third-order valence-corrected chi connectivity index (χ3v) is 5.52. The first kappa shape index (κ1) is 18.6. The number of hydrogen-bond donors (Lipinski definition) is 1. The minimum absolute atomic E-state index is 0.0389. The average Bonchev–Trinajstić information content (AvgIpc) is 3.11. The Morgan fingerprint density at radius 1 is 1.29 bits per heavy atom. The number of hydrogen-bond acceptors (Lipinski definition) is 6. The predicted octanol–water partition coefficient (Wildman–Crippen LogP) is 1.97. The average molecular weight is 382 g/mol.